The Balaban J connectivity index is 1.93. The van der Waals surface area contributed by atoms with Crippen LogP contribution in [0.15, 0.2) is 21.5 Å². The highest BCUT2D eigenvalue weighted by Crippen LogP contribution is 2.30. The van der Waals surface area contributed by atoms with Gasteiger partial charge in [-0.15, -0.1) is 11.8 Å². The Bertz CT molecular complexity index is 451. The lowest BCUT2D eigenvalue weighted by atomic mass is 10.3. The van der Waals surface area contributed by atoms with Gasteiger partial charge in [-0.25, -0.2) is 4.39 Å². The average Bonchev–Trinajstić information content (AvgIpc) is 3.05. The minimum atomic E-state index is -0.371. The third kappa shape index (κ3) is 3.61. The van der Waals surface area contributed by atoms with Crippen LogP contribution >= 0.6 is 27.7 Å². The zero-order valence-electron chi connectivity index (χ0n) is 9.00. The van der Waals surface area contributed by atoms with Gasteiger partial charge in [0.2, 0.25) is 5.91 Å². The van der Waals surface area contributed by atoms with E-state index in [1.54, 1.807) is 0 Å². The summed E-state index contributed by atoms with van der Waals surface area (Å²) in [6, 6.07) is 3.20. The number of rotatable bonds is 4. The SMILES string of the molecule is Nc1cc(Br)c(F)cc1SCC(=O)NC1CC1. The topological polar surface area (TPSA) is 55.1 Å². The fourth-order valence-electron chi connectivity index (χ4n) is 1.31. The van der Waals surface area contributed by atoms with Gasteiger partial charge in [0.1, 0.15) is 5.82 Å². The van der Waals surface area contributed by atoms with Crippen LogP contribution in [-0.4, -0.2) is 17.7 Å². The molecule has 0 spiro atoms. The molecule has 17 heavy (non-hydrogen) atoms. The quantitative estimate of drug-likeness (QED) is 0.662. The summed E-state index contributed by atoms with van der Waals surface area (Å²) in [4.78, 5) is 12.0. The predicted molar refractivity (Wildman–Crippen MR) is 70.4 cm³/mol. The van der Waals surface area contributed by atoms with E-state index in [1.165, 1.54) is 23.9 Å². The molecule has 1 saturated carbocycles. The van der Waals surface area contributed by atoms with Crippen LogP contribution in [0.4, 0.5) is 10.1 Å². The number of nitrogen functional groups attached to an aromatic ring is 1. The molecule has 2 rings (SSSR count). The third-order valence-corrected chi connectivity index (χ3v) is 4.03. The normalized spacial score (nSPS) is 14.7. The zero-order valence-corrected chi connectivity index (χ0v) is 11.4. The maximum absolute atomic E-state index is 13.3. The standard InChI is InChI=1S/C11H12BrFN2OS/c12-7-3-9(14)10(4-8(7)13)17-5-11(16)15-6-1-2-6/h3-4,6H,1-2,5,14H2,(H,15,16). The molecule has 1 aromatic rings. The smallest absolute Gasteiger partial charge is 0.230 e. The molecule has 0 heterocycles. The third-order valence-electron chi connectivity index (χ3n) is 2.35. The van der Waals surface area contributed by atoms with E-state index >= 15 is 0 Å². The van der Waals surface area contributed by atoms with Crippen LogP contribution in [0.1, 0.15) is 12.8 Å². The van der Waals surface area contributed by atoms with Crippen molar-refractivity contribution < 1.29 is 9.18 Å². The van der Waals surface area contributed by atoms with Gasteiger partial charge in [0, 0.05) is 16.6 Å². The molecule has 3 nitrogen and oxygen atoms in total. The molecular weight excluding hydrogens is 307 g/mol. The van der Waals surface area contributed by atoms with E-state index in [-0.39, 0.29) is 17.5 Å². The Labute approximate surface area is 111 Å². The van der Waals surface area contributed by atoms with Gasteiger partial charge in [0.05, 0.1) is 10.2 Å². The molecule has 0 saturated heterocycles. The summed E-state index contributed by atoms with van der Waals surface area (Å²) in [6.07, 6.45) is 2.12. The van der Waals surface area contributed by atoms with Crippen molar-refractivity contribution in [2.45, 2.75) is 23.8 Å². The number of thioether (sulfide) groups is 1. The lowest BCUT2D eigenvalue weighted by Crippen LogP contribution is -2.27. The number of benzene rings is 1. The minimum absolute atomic E-state index is 0.0276. The van der Waals surface area contributed by atoms with Gasteiger partial charge in [0.25, 0.3) is 0 Å². The first kappa shape index (κ1) is 12.7. The Morgan fingerprint density at radius 1 is 1.59 bits per heavy atom. The molecule has 0 aliphatic heterocycles. The minimum Gasteiger partial charge on any atom is -0.398 e. The number of halogens is 2. The van der Waals surface area contributed by atoms with Gasteiger partial charge in [-0.05, 0) is 40.9 Å². The number of hydrogen-bond acceptors (Lipinski definition) is 3. The number of hydrogen-bond donors (Lipinski definition) is 2. The highest BCUT2D eigenvalue weighted by molar-refractivity contribution is 9.10. The average molecular weight is 319 g/mol. The Morgan fingerprint density at radius 3 is 2.94 bits per heavy atom. The number of amides is 1. The number of carbonyl (C=O) groups is 1. The van der Waals surface area contributed by atoms with Crippen LogP contribution in [0.5, 0.6) is 0 Å². The summed E-state index contributed by atoms with van der Waals surface area (Å²) in [5.41, 5.74) is 6.22. The summed E-state index contributed by atoms with van der Waals surface area (Å²) in [7, 11) is 0. The Kier molecular flexibility index (Phi) is 3.93. The lowest BCUT2D eigenvalue weighted by Gasteiger charge is -2.07. The lowest BCUT2D eigenvalue weighted by molar-refractivity contribution is -0.118. The molecule has 92 valence electrons. The van der Waals surface area contributed by atoms with Crippen LogP contribution in [0.25, 0.3) is 0 Å². The number of nitrogens with two attached hydrogens (primary N) is 1. The summed E-state index contributed by atoms with van der Waals surface area (Å²) in [6.45, 7) is 0. The van der Waals surface area contributed by atoms with Crippen LogP contribution in [0.3, 0.4) is 0 Å². The molecule has 0 unspecified atom stereocenters. The number of carbonyl (C=O) groups excluding carboxylic acids is 1. The fourth-order valence-corrected chi connectivity index (χ4v) is 2.45. The molecule has 0 bridgehead atoms. The second-order valence-electron chi connectivity index (χ2n) is 3.93. The summed E-state index contributed by atoms with van der Waals surface area (Å²) in [5.74, 6) is -0.133. The summed E-state index contributed by atoms with van der Waals surface area (Å²) in [5, 5.41) is 2.87. The van der Waals surface area contributed by atoms with E-state index in [1.807, 2.05) is 0 Å². The monoisotopic (exact) mass is 318 g/mol. The largest absolute Gasteiger partial charge is 0.398 e. The molecular formula is C11H12BrFN2OS. The highest BCUT2D eigenvalue weighted by Gasteiger charge is 2.23. The Morgan fingerprint density at radius 2 is 2.29 bits per heavy atom. The van der Waals surface area contributed by atoms with Crippen molar-refractivity contribution in [3.63, 3.8) is 0 Å². The van der Waals surface area contributed by atoms with Crippen molar-refractivity contribution in [3.05, 3.63) is 22.4 Å². The molecule has 0 radical (unpaired) electrons. The molecule has 1 fully saturated rings. The maximum Gasteiger partial charge on any atom is 0.230 e. The predicted octanol–water partition coefficient (Wildman–Crippen LogP) is 2.54. The van der Waals surface area contributed by atoms with Crippen molar-refractivity contribution in [3.8, 4) is 0 Å². The number of anilines is 1. The molecule has 1 amide bonds. The van der Waals surface area contributed by atoms with E-state index < -0.39 is 0 Å². The first-order valence-corrected chi connectivity index (χ1v) is 7.01. The van der Waals surface area contributed by atoms with E-state index in [2.05, 4.69) is 21.2 Å². The van der Waals surface area contributed by atoms with Crippen molar-refractivity contribution in [2.24, 2.45) is 0 Å². The van der Waals surface area contributed by atoms with Crippen molar-refractivity contribution in [1.82, 2.24) is 5.32 Å². The van der Waals surface area contributed by atoms with E-state index in [9.17, 15) is 9.18 Å². The molecule has 1 aliphatic carbocycles. The van der Waals surface area contributed by atoms with Gasteiger partial charge in [0.15, 0.2) is 0 Å². The highest BCUT2D eigenvalue weighted by atomic mass is 79.9. The molecule has 1 aliphatic rings. The summed E-state index contributed by atoms with van der Waals surface area (Å²) < 4.78 is 13.6. The molecule has 3 N–H and O–H groups in total. The van der Waals surface area contributed by atoms with Crippen LogP contribution in [-0.2, 0) is 4.79 Å². The molecule has 0 atom stereocenters. The van der Waals surface area contributed by atoms with Crippen molar-refractivity contribution in [2.75, 3.05) is 11.5 Å². The Hall–Kier alpha value is -0.750. The first-order chi connectivity index (χ1) is 8.06. The van der Waals surface area contributed by atoms with E-state index in [0.717, 1.165) is 12.8 Å². The molecule has 6 heteroatoms. The zero-order chi connectivity index (χ0) is 12.4. The molecule has 0 aromatic heterocycles. The van der Waals surface area contributed by atoms with Crippen LogP contribution in [0, 0.1) is 5.82 Å². The van der Waals surface area contributed by atoms with E-state index in [0.29, 0.717) is 21.1 Å². The fraction of sp³-hybridized carbons (Fsp3) is 0.364. The van der Waals surface area contributed by atoms with Crippen molar-refractivity contribution in [1.29, 1.82) is 0 Å². The second kappa shape index (κ2) is 5.27. The van der Waals surface area contributed by atoms with Gasteiger partial charge in [-0.1, -0.05) is 0 Å². The van der Waals surface area contributed by atoms with Gasteiger partial charge < -0.3 is 11.1 Å². The number of nitrogens with one attached hydrogen (secondary N) is 1. The molecule has 1 aromatic carbocycles. The van der Waals surface area contributed by atoms with Gasteiger partial charge in [-0.2, -0.15) is 0 Å². The second-order valence-corrected chi connectivity index (χ2v) is 5.81. The van der Waals surface area contributed by atoms with Gasteiger partial charge >= 0.3 is 0 Å². The summed E-state index contributed by atoms with van der Waals surface area (Å²) >= 11 is 4.31. The van der Waals surface area contributed by atoms with Crippen molar-refractivity contribution >= 4 is 39.3 Å². The first-order valence-electron chi connectivity index (χ1n) is 5.23. The maximum atomic E-state index is 13.3. The van der Waals surface area contributed by atoms with Gasteiger partial charge in [-0.3, -0.25) is 4.79 Å². The van der Waals surface area contributed by atoms with E-state index in [4.69, 9.17) is 5.73 Å². The van der Waals surface area contributed by atoms with Crippen LogP contribution in [0.2, 0.25) is 0 Å². The van der Waals surface area contributed by atoms with Crippen LogP contribution < -0.4 is 11.1 Å².